The molecule has 0 bridgehead atoms. The Balaban J connectivity index is 1.89. The maximum absolute atomic E-state index is 10.8. The van der Waals surface area contributed by atoms with Gasteiger partial charge in [0.2, 0.25) is 0 Å². The fourth-order valence-electron chi connectivity index (χ4n) is 3.14. The summed E-state index contributed by atoms with van der Waals surface area (Å²) in [5.74, 6) is -0.0249. The van der Waals surface area contributed by atoms with Gasteiger partial charge in [-0.05, 0) is 61.4 Å². The van der Waals surface area contributed by atoms with Gasteiger partial charge in [-0.2, -0.15) is 0 Å². The second kappa shape index (κ2) is 5.91. The molecule has 3 N–H and O–H groups in total. The number of hydrogen-bond donors (Lipinski definition) is 2. The van der Waals surface area contributed by atoms with Crippen LogP contribution in [0.3, 0.4) is 0 Å². The van der Waals surface area contributed by atoms with E-state index in [2.05, 4.69) is 38.1 Å². The lowest BCUT2D eigenvalue weighted by atomic mass is 9.90. The molecule has 0 amide bonds. The Morgan fingerprint density at radius 3 is 2.67 bits per heavy atom. The highest BCUT2D eigenvalue weighted by atomic mass is 32.1. The summed E-state index contributed by atoms with van der Waals surface area (Å²) >= 11 is 1.77. The fraction of sp³-hybridized carbons (Fsp3) is 0.444. The van der Waals surface area contributed by atoms with Gasteiger partial charge in [-0.1, -0.05) is 18.2 Å². The highest BCUT2D eigenvalue weighted by molar-refractivity contribution is 7.12. The third-order valence-electron chi connectivity index (χ3n) is 4.65. The first-order chi connectivity index (χ1) is 10.1. The van der Waals surface area contributed by atoms with Gasteiger partial charge in [0.25, 0.3) is 0 Å². The lowest BCUT2D eigenvalue weighted by Crippen LogP contribution is -2.19. The summed E-state index contributed by atoms with van der Waals surface area (Å²) in [5.41, 5.74) is 11.1. The number of rotatable bonds is 4. The third kappa shape index (κ3) is 2.78. The highest BCUT2D eigenvalue weighted by Gasteiger charge is 2.25. The van der Waals surface area contributed by atoms with E-state index in [-0.39, 0.29) is 5.92 Å². The van der Waals surface area contributed by atoms with Crippen LogP contribution in [0.2, 0.25) is 0 Å². The summed E-state index contributed by atoms with van der Waals surface area (Å²) in [4.78, 5) is 2.54. The quantitative estimate of drug-likeness (QED) is 0.906. The molecule has 1 heterocycles. The molecule has 0 fully saturated rings. The Labute approximate surface area is 130 Å². The molecule has 2 aromatic rings. The molecule has 0 saturated carbocycles. The van der Waals surface area contributed by atoms with Crippen molar-refractivity contribution >= 4 is 11.3 Å². The van der Waals surface area contributed by atoms with Crippen LogP contribution in [0.5, 0.6) is 0 Å². The van der Waals surface area contributed by atoms with E-state index in [0.717, 1.165) is 16.9 Å². The minimum atomic E-state index is -0.493. The van der Waals surface area contributed by atoms with E-state index >= 15 is 0 Å². The summed E-state index contributed by atoms with van der Waals surface area (Å²) in [6, 6.07) is 8.58. The number of aliphatic hydroxyl groups is 1. The highest BCUT2D eigenvalue weighted by Crippen LogP contribution is 2.39. The van der Waals surface area contributed by atoms with Crippen LogP contribution in [0.15, 0.2) is 24.3 Å². The van der Waals surface area contributed by atoms with E-state index in [0.29, 0.717) is 6.54 Å². The monoisotopic (exact) mass is 301 g/mol. The Kier molecular flexibility index (Phi) is 4.16. The maximum atomic E-state index is 10.8. The van der Waals surface area contributed by atoms with Crippen molar-refractivity contribution in [3.05, 3.63) is 56.3 Å². The molecule has 1 aromatic carbocycles. The molecule has 1 aromatic heterocycles. The topological polar surface area (TPSA) is 46.2 Å². The van der Waals surface area contributed by atoms with Gasteiger partial charge in [0.05, 0.1) is 6.10 Å². The van der Waals surface area contributed by atoms with E-state index < -0.39 is 6.10 Å². The molecule has 21 heavy (non-hydrogen) atoms. The van der Waals surface area contributed by atoms with Gasteiger partial charge in [-0.3, -0.25) is 0 Å². The molecule has 0 aliphatic heterocycles. The van der Waals surface area contributed by atoms with Gasteiger partial charge in [0.15, 0.2) is 0 Å². The summed E-state index contributed by atoms with van der Waals surface area (Å²) < 4.78 is 0. The number of aliphatic hydroxyl groups excluding tert-OH is 1. The molecule has 2 unspecified atom stereocenters. The van der Waals surface area contributed by atoms with Crippen LogP contribution in [-0.2, 0) is 12.8 Å². The minimum Gasteiger partial charge on any atom is -0.387 e. The van der Waals surface area contributed by atoms with Crippen LogP contribution in [0.1, 0.15) is 50.5 Å². The predicted molar refractivity (Wildman–Crippen MR) is 89.0 cm³/mol. The molecule has 1 aliphatic rings. The Morgan fingerprint density at radius 1 is 1.19 bits per heavy atom. The lowest BCUT2D eigenvalue weighted by Gasteiger charge is -2.22. The number of thiophene rings is 1. The van der Waals surface area contributed by atoms with Gasteiger partial charge >= 0.3 is 0 Å². The molecule has 0 saturated heterocycles. The molecule has 0 radical (unpaired) electrons. The first-order valence-corrected chi connectivity index (χ1v) is 8.48. The molecular formula is C18H23NOS. The molecule has 112 valence electrons. The van der Waals surface area contributed by atoms with Gasteiger partial charge in [-0.25, -0.2) is 0 Å². The first kappa shape index (κ1) is 14.8. The van der Waals surface area contributed by atoms with E-state index in [1.807, 2.05) is 0 Å². The molecule has 1 aliphatic carbocycles. The molecule has 0 spiro atoms. The van der Waals surface area contributed by atoms with Crippen molar-refractivity contribution in [3.63, 3.8) is 0 Å². The van der Waals surface area contributed by atoms with Crippen molar-refractivity contribution in [3.8, 4) is 0 Å². The fourth-order valence-corrected chi connectivity index (χ4v) is 4.45. The van der Waals surface area contributed by atoms with Crippen LogP contribution in [0.4, 0.5) is 0 Å². The lowest BCUT2D eigenvalue weighted by molar-refractivity contribution is 0.151. The smallest absolute Gasteiger partial charge is 0.0962 e. The van der Waals surface area contributed by atoms with Gasteiger partial charge < -0.3 is 10.8 Å². The number of nitrogens with two attached hydrogens (primary N) is 1. The van der Waals surface area contributed by atoms with E-state index in [1.54, 1.807) is 11.3 Å². The van der Waals surface area contributed by atoms with E-state index in [9.17, 15) is 5.11 Å². The second-order valence-corrected chi connectivity index (χ2v) is 7.25. The van der Waals surface area contributed by atoms with Crippen molar-refractivity contribution in [2.24, 2.45) is 5.73 Å². The molecule has 3 heteroatoms. The van der Waals surface area contributed by atoms with Crippen molar-refractivity contribution in [2.75, 3.05) is 6.54 Å². The van der Waals surface area contributed by atoms with Gasteiger partial charge in [0, 0.05) is 22.2 Å². The zero-order valence-corrected chi connectivity index (χ0v) is 13.5. The number of fused-ring (bicyclic) bond motifs is 1. The Hall–Kier alpha value is -1.16. The third-order valence-corrected chi connectivity index (χ3v) is 5.96. The maximum Gasteiger partial charge on any atom is 0.0962 e. The van der Waals surface area contributed by atoms with E-state index in [1.165, 1.54) is 34.4 Å². The van der Waals surface area contributed by atoms with Gasteiger partial charge in [0.1, 0.15) is 0 Å². The SMILES string of the molecule is Cc1ccc(C(CN)C(O)c2cc3c(s2)CCC3)cc1C. The van der Waals surface area contributed by atoms with Crippen LogP contribution >= 0.6 is 11.3 Å². The van der Waals surface area contributed by atoms with Crippen LogP contribution in [0.25, 0.3) is 0 Å². The predicted octanol–water partition coefficient (Wildman–Crippen LogP) is 3.63. The van der Waals surface area contributed by atoms with Crippen LogP contribution in [-0.4, -0.2) is 11.7 Å². The molecule has 2 atom stereocenters. The zero-order valence-electron chi connectivity index (χ0n) is 12.7. The summed E-state index contributed by atoms with van der Waals surface area (Å²) in [6.45, 7) is 4.68. The Morgan fingerprint density at radius 2 is 2.00 bits per heavy atom. The standard InChI is InChI=1S/C18H23NOS/c1-11-6-7-13(8-12(11)2)15(10-19)18(20)17-9-14-4-3-5-16(14)21-17/h6-9,15,18,20H,3-5,10,19H2,1-2H3. The minimum absolute atomic E-state index is 0.0249. The molecule has 3 rings (SSSR count). The number of benzene rings is 1. The summed E-state index contributed by atoms with van der Waals surface area (Å²) in [6.07, 6.45) is 3.10. The normalized spacial score (nSPS) is 16.8. The Bertz CT molecular complexity index is 625. The second-order valence-electron chi connectivity index (χ2n) is 6.08. The number of aryl methyl sites for hydroxylation is 4. The largest absolute Gasteiger partial charge is 0.387 e. The first-order valence-electron chi connectivity index (χ1n) is 7.67. The molecular weight excluding hydrogens is 278 g/mol. The molecule has 2 nitrogen and oxygen atoms in total. The number of hydrogen-bond acceptors (Lipinski definition) is 3. The average Bonchev–Trinajstić information content (AvgIpc) is 3.04. The van der Waals surface area contributed by atoms with Crippen LogP contribution in [0, 0.1) is 13.8 Å². The zero-order chi connectivity index (χ0) is 15.0. The van der Waals surface area contributed by atoms with Crippen molar-refractivity contribution < 1.29 is 5.11 Å². The van der Waals surface area contributed by atoms with Crippen molar-refractivity contribution in [2.45, 2.75) is 45.1 Å². The van der Waals surface area contributed by atoms with Crippen molar-refractivity contribution in [1.29, 1.82) is 0 Å². The van der Waals surface area contributed by atoms with Crippen LogP contribution < -0.4 is 5.73 Å². The van der Waals surface area contributed by atoms with E-state index in [4.69, 9.17) is 5.73 Å². The van der Waals surface area contributed by atoms with Crippen molar-refractivity contribution in [1.82, 2.24) is 0 Å². The summed E-state index contributed by atoms with van der Waals surface area (Å²) in [7, 11) is 0. The average molecular weight is 301 g/mol. The summed E-state index contributed by atoms with van der Waals surface area (Å²) in [5, 5.41) is 10.8. The van der Waals surface area contributed by atoms with Gasteiger partial charge in [-0.15, -0.1) is 11.3 Å².